The molecule has 3 rings (SSSR count). The molecule has 7 heteroatoms. The van der Waals surface area contributed by atoms with E-state index < -0.39 is 5.82 Å². The van der Waals surface area contributed by atoms with Gasteiger partial charge in [0.25, 0.3) is 5.91 Å². The number of ether oxygens (including phenoxy) is 1. The van der Waals surface area contributed by atoms with Crippen molar-refractivity contribution in [2.75, 3.05) is 12.4 Å². The number of carbonyl (C=O) groups is 1. The predicted octanol–water partition coefficient (Wildman–Crippen LogP) is 4.35. The van der Waals surface area contributed by atoms with Crippen LogP contribution >= 0.6 is 23.4 Å². The van der Waals surface area contributed by atoms with Crippen molar-refractivity contribution in [1.82, 2.24) is 5.32 Å². The van der Waals surface area contributed by atoms with Crippen molar-refractivity contribution >= 4 is 29.3 Å². The first-order valence-electron chi connectivity index (χ1n) is 7.32. The molecule has 0 radical (unpaired) electrons. The molecule has 1 N–H and O–H groups in total. The van der Waals surface area contributed by atoms with E-state index in [1.807, 2.05) is 0 Å². The number of nitrogens with one attached hydrogen (secondary N) is 1. The van der Waals surface area contributed by atoms with E-state index in [-0.39, 0.29) is 35.1 Å². The average Bonchev–Trinajstić information content (AvgIpc) is 2.54. The lowest BCUT2D eigenvalue weighted by Gasteiger charge is -2.26. The molecular weight excluding hydrogens is 356 g/mol. The third-order valence-electron chi connectivity index (χ3n) is 3.60. The molecule has 0 spiro atoms. The fourth-order valence-electron chi connectivity index (χ4n) is 2.49. The van der Waals surface area contributed by atoms with E-state index in [1.54, 1.807) is 17.8 Å². The van der Waals surface area contributed by atoms with Crippen molar-refractivity contribution in [3.8, 4) is 5.75 Å². The molecule has 24 heavy (non-hydrogen) atoms. The van der Waals surface area contributed by atoms with Gasteiger partial charge in [0, 0.05) is 10.6 Å². The van der Waals surface area contributed by atoms with Crippen LogP contribution in [0.2, 0.25) is 5.02 Å². The molecule has 1 unspecified atom stereocenters. The van der Waals surface area contributed by atoms with Gasteiger partial charge >= 0.3 is 0 Å². The SMILES string of the molecule is O=C(COc1ccc(F)cc1Cl)NC1CCSc2ccc(F)cc21. The molecule has 0 fully saturated rings. The van der Waals surface area contributed by atoms with E-state index in [4.69, 9.17) is 16.3 Å². The van der Waals surface area contributed by atoms with Crippen molar-refractivity contribution in [3.05, 3.63) is 58.6 Å². The third kappa shape index (κ3) is 3.99. The summed E-state index contributed by atoms with van der Waals surface area (Å²) in [7, 11) is 0. The summed E-state index contributed by atoms with van der Waals surface area (Å²) in [5.74, 6) is -0.0739. The minimum atomic E-state index is -0.477. The average molecular weight is 370 g/mol. The second kappa shape index (κ2) is 7.40. The minimum Gasteiger partial charge on any atom is -0.482 e. The van der Waals surface area contributed by atoms with Gasteiger partial charge in [-0.05, 0) is 48.4 Å². The molecule has 1 aliphatic rings. The van der Waals surface area contributed by atoms with Gasteiger partial charge < -0.3 is 10.1 Å². The molecule has 1 aliphatic heterocycles. The van der Waals surface area contributed by atoms with E-state index in [0.717, 1.165) is 22.3 Å². The number of carbonyl (C=O) groups excluding carboxylic acids is 1. The number of thioether (sulfide) groups is 1. The zero-order chi connectivity index (χ0) is 17.1. The molecule has 1 amide bonds. The Morgan fingerprint density at radius 3 is 2.79 bits per heavy atom. The molecule has 0 bridgehead atoms. The zero-order valence-corrected chi connectivity index (χ0v) is 14.1. The first-order valence-corrected chi connectivity index (χ1v) is 8.69. The Labute approximate surface area is 147 Å². The second-order valence-corrected chi connectivity index (χ2v) is 6.85. The lowest BCUT2D eigenvalue weighted by atomic mass is 10.0. The summed E-state index contributed by atoms with van der Waals surface area (Å²) >= 11 is 7.49. The number of fused-ring (bicyclic) bond motifs is 1. The molecular formula is C17H14ClF2NO2S. The predicted molar refractivity (Wildman–Crippen MR) is 89.5 cm³/mol. The number of hydrogen-bond acceptors (Lipinski definition) is 3. The van der Waals surface area contributed by atoms with Gasteiger partial charge in [-0.2, -0.15) is 0 Å². The van der Waals surface area contributed by atoms with E-state index >= 15 is 0 Å². The van der Waals surface area contributed by atoms with E-state index in [0.29, 0.717) is 6.42 Å². The molecule has 0 aromatic heterocycles. The highest BCUT2D eigenvalue weighted by molar-refractivity contribution is 7.99. The standard InChI is InChI=1S/C17H14ClF2NO2S/c18-13-8-11(20)1-3-15(13)23-9-17(22)21-14-5-6-24-16-4-2-10(19)7-12(14)16/h1-4,7-8,14H,5-6,9H2,(H,21,22). The van der Waals surface area contributed by atoms with Crippen LogP contribution in [0.1, 0.15) is 18.0 Å². The molecule has 1 atom stereocenters. The Morgan fingerprint density at radius 1 is 1.25 bits per heavy atom. The first kappa shape index (κ1) is 17.0. The molecule has 0 saturated heterocycles. The smallest absolute Gasteiger partial charge is 0.258 e. The van der Waals surface area contributed by atoms with Gasteiger partial charge in [0.15, 0.2) is 6.61 Å². The van der Waals surface area contributed by atoms with Crippen molar-refractivity contribution in [2.24, 2.45) is 0 Å². The second-order valence-electron chi connectivity index (χ2n) is 5.30. The maximum absolute atomic E-state index is 13.5. The van der Waals surface area contributed by atoms with Gasteiger partial charge in [-0.3, -0.25) is 4.79 Å². The van der Waals surface area contributed by atoms with Crippen LogP contribution in [0.25, 0.3) is 0 Å². The van der Waals surface area contributed by atoms with Gasteiger partial charge in [-0.1, -0.05) is 11.6 Å². The van der Waals surface area contributed by atoms with Crippen molar-refractivity contribution in [1.29, 1.82) is 0 Å². The summed E-state index contributed by atoms with van der Waals surface area (Å²) < 4.78 is 31.8. The molecule has 1 heterocycles. The van der Waals surface area contributed by atoms with Crippen LogP contribution in [0.3, 0.4) is 0 Å². The fourth-order valence-corrected chi connectivity index (χ4v) is 3.81. The summed E-state index contributed by atoms with van der Waals surface area (Å²) in [6.45, 7) is -0.250. The Bertz CT molecular complexity index is 772. The Balaban J connectivity index is 1.63. The Hall–Kier alpha value is -1.79. The van der Waals surface area contributed by atoms with E-state index in [2.05, 4.69) is 5.32 Å². The molecule has 3 nitrogen and oxygen atoms in total. The summed E-state index contributed by atoms with van der Waals surface area (Å²) in [6, 6.07) is 8.02. The highest BCUT2D eigenvalue weighted by Crippen LogP contribution is 2.36. The van der Waals surface area contributed by atoms with Gasteiger partial charge in [-0.15, -0.1) is 11.8 Å². The number of amides is 1. The third-order valence-corrected chi connectivity index (χ3v) is 5.02. The molecule has 2 aromatic carbocycles. The van der Waals surface area contributed by atoms with Crippen molar-refractivity contribution in [3.63, 3.8) is 0 Å². The summed E-state index contributed by atoms with van der Waals surface area (Å²) in [5, 5.41) is 2.94. The largest absolute Gasteiger partial charge is 0.482 e. The van der Waals surface area contributed by atoms with Gasteiger partial charge in [0.05, 0.1) is 11.1 Å². The van der Waals surface area contributed by atoms with Crippen LogP contribution in [0.15, 0.2) is 41.3 Å². The Morgan fingerprint density at radius 2 is 2.00 bits per heavy atom. The normalized spacial score (nSPS) is 16.4. The van der Waals surface area contributed by atoms with Crippen molar-refractivity contribution in [2.45, 2.75) is 17.4 Å². The molecule has 0 saturated carbocycles. The molecule has 2 aromatic rings. The number of halogens is 3. The maximum Gasteiger partial charge on any atom is 0.258 e. The van der Waals surface area contributed by atoms with Crippen LogP contribution in [0.5, 0.6) is 5.75 Å². The van der Waals surface area contributed by atoms with Gasteiger partial charge in [-0.25, -0.2) is 8.78 Å². The van der Waals surface area contributed by atoms with Crippen LogP contribution in [0.4, 0.5) is 8.78 Å². The summed E-state index contributed by atoms with van der Waals surface area (Å²) in [4.78, 5) is 13.1. The monoisotopic (exact) mass is 369 g/mol. The minimum absolute atomic E-state index is 0.101. The number of hydrogen-bond donors (Lipinski definition) is 1. The quantitative estimate of drug-likeness (QED) is 0.870. The fraction of sp³-hybridized carbons (Fsp3) is 0.235. The van der Waals surface area contributed by atoms with Crippen LogP contribution in [0, 0.1) is 11.6 Å². The van der Waals surface area contributed by atoms with Crippen LogP contribution in [-0.2, 0) is 4.79 Å². The Kier molecular flexibility index (Phi) is 5.26. The van der Waals surface area contributed by atoms with Gasteiger partial charge in [0.1, 0.15) is 17.4 Å². The summed E-state index contributed by atoms with van der Waals surface area (Å²) in [6.07, 6.45) is 0.712. The van der Waals surface area contributed by atoms with Crippen LogP contribution in [-0.4, -0.2) is 18.3 Å². The number of rotatable bonds is 4. The topological polar surface area (TPSA) is 38.3 Å². The van der Waals surface area contributed by atoms with Crippen molar-refractivity contribution < 1.29 is 18.3 Å². The van der Waals surface area contributed by atoms with E-state index in [9.17, 15) is 13.6 Å². The zero-order valence-electron chi connectivity index (χ0n) is 12.5. The number of benzene rings is 2. The molecule has 126 valence electrons. The first-order chi connectivity index (χ1) is 11.5. The highest BCUT2D eigenvalue weighted by Gasteiger charge is 2.23. The lowest BCUT2D eigenvalue weighted by Crippen LogP contribution is -2.34. The maximum atomic E-state index is 13.5. The van der Waals surface area contributed by atoms with Gasteiger partial charge in [0.2, 0.25) is 0 Å². The van der Waals surface area contributed by atoms with E-state index in [1.165, 1.54) is 24.3 Å². The van der Waals surface area contributed by atoms with Crippen LogP contribution < -0.4 is 10.1 Å². The molecule has 0 aliphatic carbocycles. The summed E-state index contributed by atoms with van der Waals surface area (Å²) in [5.41, 5.74) is 0.777. The highest BCUT2D eigenvalue weighted by atomic mass is 35.5. The lowest BCUT2D eigenvalue weighted by molar-refractivity contribution is -0.123.